The minimum absolute atomic E-state index is 0.250. The maximum Gasteiger partial charge on any atom is 0.204 e. The zero-order valence-corrected chi connectivity index (χ0v) is 8.75. The van der Waals surface area contributed by atoms with E-state index in [2.05, 4.69) is 25.0 Å². The summed E-state index contributed by atoms with van der Waals surface area (Å²) < 4.78 is 0. The molecule has 0 saturated heterocycles. The summed E-state index contributed by atoms with van der Waals surface area (Å²) in [5.74, 6) is 1.97. The van der Waals surface area contributed by atoms with Gasteiger partial charge in [-0.05, 0) is 38.3 Å². The number of nitrogens with two attached hydrogens (primary N) is 1. The summed E-state index contributed by atoms with van der Waals surface area (Å²) in [5.41, 5.74) is 4.17. The highest BCUT2D eigenvalue weighted by Crippen LogP contribution is 2.27. The van der Waals surface area contributed by atoms with Gasteiger partial charge in [-0.2, -0.15) is 0 Å². The summed E-state index contributed by atoms with van der Waals surface area (Å²) in [4.78, 5) is 8.58. The van der Waals surface area contributed by atoms with Crippen LogP contribution in [0, 0.1) is 11.8 Å². The summed E-state index contributed by atoms with van der Waals surface area (Å²) in [6.45, 7) is 3.60. The summed E-state index contributed by atoms with van der Waals surface area (Å²) in [7, 11) is 2.05. The van der Waals surface area contributed by atoms with Crippen LogP contribution >= 0.6 is 0 Å². The van der Waals surface area contributed by atoms with Gasteiger partial charge in [0.05, 0.1) is 0 Å². The Bertz CT molecular complexity index is 120. The topological polar surface area (TPSA) is 55.1 Å². The molecule has 0 aromatic carbocycles. The number of amides is 1. The molecule has 3 N–H and O–H groups in total. The molecule has 1 saturated carbocycles. The van der Waals surface area contributed by atoms with Gasteiger partial charge in [0.25, 0.3) is 0 Å². The SMILES string of the molecule is CNCC1CCC(C)CC1.NC=O. The highest BCUT2D eigenvalue weighted by molar-refractivity contribution is 5.42. The Morgan fingerprint density at radius 1 is 1.38 bits per heavy atom. The van der Waals surface area contributed by atoms with Crippen molar-refractivity contribution in [2.45, 2.75) is 32.6 Å². The summed E-state index contributed by atoms with van der Waals surface area (Å²) >= 11 is 0. The van der Waals surface area contributed by atoms with E-state index in [4.69, 9.17) is 4.79 Å². The van der Waals surface area contributed by atoms with Gasteiger partial charge in [0, 0.05) is 0 Å². The van der Waals surface area contributed by atoms with E-state index >= 15 is 0 Å². The number of hydrogen-bond acceptors (Lipinski definition) is 2. The first kappa shape index (κ1) is 12.4. The molecule has 1 fully saturated rings. The van der Waals surface area contributed by atoms with Gasteiger partial charge >= 0.3 is 0 Å². The lowest BCUT2D eigenvalue weighted by Crippen LogP contribution is -2.22. The first-order valence-corrected chi connectivity index (χ1v) is 5.04. The van der Waals surface area contributed by atoms with Crippen molar-refractivity contribution in [1.82, 2.24) is 5.32 Å². The molecule has 0 aliphatic heterocycles. The molecule has 1 rings (SSSR count). The molecular formula is C10H22N2O. The van der Waals surface area contributed by atoms with Gasteiger partial charge < -0.3 is 11.1 Å². The first-order valence-electron chi connectivity index (χ1n) is 5.04. The summed E-state index contributed by atoms with van der Waals surface area (Å²) in [5, 5.41) is 3.25. The maximum atomic E-state index is 8.58. The molecule has 0 heterocycles. The standard InChI is InChI=1S/C9H19N.CH3NO/c1-8-3-5-9(6-4-8)7-10-2;2-1-3/h8-10H,3-7H2,1-2H3;1H,(H2,2,3). The number of hydrogen-bond donors (Lipinski definition) is 2. The lowest BCUT2D eigenvalue weighted by atomic mass is 9.83. The summed E-state index contributed by atoms with van der Waals surface area (Å²) in [6, 6.07) is 0. The number of carbonyl (C=O) groups excluding carboxylic acids is 1. The molecule has 0 bridgehead atoms. The van der Waals surface area contributed by atoms with E-state index in [1.165, 1.54) is 32.2 Å². The summed E-state index contributed by atoms with van der Waals surface area (Å²) in [6.07, 6.45) is 6.04. The maximum absolute atomic E-state index is 8.58. The molecule has 78 valence electrons. The molecule has 1 amide bonds. The fourth-order valence-electron chi connectivity index (χ4n) is 1.82. The second-order valence-corrected chi connectivity index (χ2v) is 3.82. The van der Waals surface area contributed by atoms with Crippen molar-refractivity contribution in [3.8, 4) is 0 Å². The second kappa shape index (κ2) is 8.05. The third-order valence-corrected chi connectivity index (χ3v) is 2.63. The molecule has 0 unspecified atom stereocenters. The quantitative estimate of drug-likeness (QED) is 0.635. The van der Waals surface area contributed by atoms with Crippen molar-refractivity contribution < 1.29 is 4.79 Å². The van der Waals surface area contributed by atoms with E-state index in [-0.39, 0.29) is 6.41 Å². The Morgan fingerprint density at radius 3 is 2.23 bits per heavy atom. The van der Waals surface area contributed by atoms with Crippen LogP contribution in [0.5, 0.6) is 0 Å². The van der Waals surface area contributed by atoms with E-state index in [0.717, 1.165) is 11.8 Å². The van der Waals surface area contributed by atoms with E-state index in [9.17, 15) is 0 Å². The number of primary amides is 1. The van der Waals surface area contributed by atoms with Crippen molar-refractivity contribution in [1.29, 1.82) is 0 Å². The van der Waals surface area contributed by atoms with Gasteiger partial charge in [-0.1, -0.05) is 19.8 Å². The molecule has 0 spiro atoms. The zero-order chi connectivity index (χ0) is 10.1. The lowest BCUT2D eigenvalue weighted by Gasteiger charge is -2.25. The molecule has 0 aromatic rings. The van der Waals surface area contributed by atoms with Crippen molar-refractivity contribution >= 4 is 6.41 Å². The van der Waals surface area contributed by atoms with Crippen LogP contribution in [0.25, 0.3) is 0 Å². The highest BCUT2D eigenvalue weighted by Gasteiger charge is 2.16. The molecule has 13 heavy (non-hydrogen) atoms. The monoisotopic (exact) mass is 186 g/mol. The van der Waals surface area contributed by atoms with Gasteiger partial charge in [0.15, 0.2) is 0 Å². The van der Waals surface area contributed by atoms with Gasteiger partial charge in [0.1, 0.15) is 0 Å². The number of nitrogens with one attached hydrogen (secondary N) is 1. The molecular weight excluding hydrogens is 164 g/mol. The minimum atomic E-state index is 0.250. The molecule has 3 nitrogen and oxygen atoms in total. The van der Waals surface area contributed by atoms with Gasteiger partial charge in [-0.15, -0.1) is 0 Å². The fraction of sp³-hybridized carbons (Fsp3) is 0.900. The normalized spacial score (nSPS) is 27.2. The Kier molecular flexibility index (Phi) is 7.69. The zero-order valence-electron chi connectivity index (χ0n) is 8.75. The molecule has 3 heteroatoms. The van der Waals surface area contributed by atoms with Crippen LogP contribution in [0.2, 0.25) is 0 Å². The van der Waals surface area contributed by atoms with Crippen molar-refractivity contribution in [3.05, 3.63) is 0 Å². The van der Waals surface area contributed by atoms with Crippen LogP contribution in [-0.4, -0.2) is 20.0 Å². The fourth-order valence-corrected chi connectivity index (χ4v) is 1.82. The van der Waals surface area contributed by atoms with E-state index in [1.807, 2.05) is 0 Å². The Balaban J connectivity index is 0.000000424. The van der Waals surface area contributed by atoms with Crippen LogP contribution in [0.4, 0.5) is 0 Å². The van der Waals surface area contributed by atoms with E-state index in [1.54, 1.807) is 0 Å². The smallest absolute Gasteiger partial charge is 0.204 e. The van der Waals surface area contributed by atoms with Crippen LogP contribution in [0.1, 0.15) is 32.6 Å². The van der Waals surface area contributed by atoms with Crippen molar-refractivity contribution in [2.75, 3.05) is 13.6 Å². The van der Waals surface area contributed by atoms with E-state index < -0.39 is 0 Å². The van der Waals surface area contributed by atoms with Crippen molar-refractivity contribution in [3.63, 3.8) is 0 Å². The predicted molar refractivity (Wildman–Crippen MR) is 55.3 cm³/mol. The molecule has 1 aliphatic carbocycles. The van der Waals surface area contributed by atoms with Crippen LogP contribution in [0.3, 0.4) is 0 Å². The highest BCUT2D eigenvalue weighted by atomic mass is 16.1. The molecule has 0 radical (unpaired) electrons. The predicted octanol–water partition coefficient (Wildman–Crippen LogP) is 1.13. The van der Waals surface area contributed by atoms with Gasteiger partial charge in [-0.25, -0.2) is 0 Å². The van der Waals surface area contributed by atoms with Gasteiger partial charge in [-0.3, -0.25) is 4.79 Å². The average Bonchev–Trinajstić information content (AvgIpc) is 2.11. The Labute approximate surface area is 81.1 Å². The van der Waals surface area contributed by atoms with E-state index in [0.29, 0.717) is 0 Å². The third kappa shape index (κ3) is 6.58. The Hall–Kier alpha value is -0.570. The number of carbonyl (C=O) groups is 1. The Morgan fingerprint density at radius 2 is 1.85 bits per heavy atom. The lowest BCUT2D eigenvalue weighted by molar-refractivity contribution is -0.106. The van der Waals surface area contributed by atoms with Crippen LogP contribution < -0.4 is 11.1 Å². The largest absolute Gasteiger partial charge is 0.372 e. The third-order valence-electron chi connectivity index (χ3n) is 2.63. The number of rotatable bonds is 2. The second-order valence-electron chi connectivity index (χ2n) is 3.82. The molecule has 1 aliphatic rings. The average molecular weight is 186 g/mol. The van der Waals surface area contributed by atoms with Crippen LogP contribution in [-0.2, 0) is 4.79 Å². The van der Waals surface area contributed by atoms with Gasteiger partial charge in [0.2, 0.25) is 6.41 Å². The van der Waals surface area contributed by atoms with Crippen molar-refractivity contribution in [2.24, 2.45) is 17.6 Å². The minimum Gasteiger partial charge on any atom is -0.372 e. The van der Waals surface area contributed by atoms with Crippen LogP contribution in [0.15, 0.2) is 0 Å². The molecule has 0 aromatic heterocycles. The first-order chi connectivity index (χ1) is 6.24. The molecule has 0 atom stereocenters.